The van der Waals surface area contributed by atoms with Gasteiger partial charge < -0.3 is 15.8 Å². The minimum Gasteiger partial charge on any atom is -0.399 e. The third-order valence-electron chi connectivity index (χ3n) is 3.32. The van der Waals surface area contributed by atoms with Crippen LogP contribution in [0.3, 0.4) is 0 Å². The Kier molecular flexibility index (Phi) is 4.76. The van der Waals surface area contributed by atoms with Crippen LogP contribution >= 0.6 is 0 Å². The van der Waals surface area contributed by atoms with Crippen molar-refractivity contribution in [3.8, 4) is 0 Å². The maximum atomic E-state index is 12.0. The molecule has 0 saturated carbocycles. The van der Waals surface area contributed by atoms with Crippen molar-refractivity contribution in [2.45, 2.75) is 6.92 Å². The van der Waals surface area contributed by atoms with E-state index in [-0.39, 0.29) is 5.91 Å². The van der Waals surface area contributed by atoms with Gasteiger partial charge in [0.1, 0.15) is 0 Å². The summed E-state index contributed by atoms with van der Waals surface area (Å²) in [5, 5.41) is 2.94. The number of nitrogen functional groups attached to an aromatic ring is 1. The summed E-state index contributed by atoms with van der Waals surface area (Å²) in [6, 6.07) is 5.39. The van der Waals surface area contributed by atoms with Gasteiger partial charge in [0.2, 0.25) is 0 Å². The Labute approximate surface area is 113 Å². The van der Waals surface area contributed by atoms with E-state index in [1.165, 1.54) is 0 Å². The monoisotopic (exact) mass is 263 g/mol. The quantitative estimate of drug-likeness (QED) is 0.782. The van der Waals surface area contributed by atoms with E-state index >= 15 is 0 Å². The first-order valence-electron chi connectivity index (χ1n) is 6.61. The molecule has 1 heterocycles. The van der Waals surface area contributed by atoms with Gasteiger partial charge in [-0.05, 0) is 24.6 Å². The average molecular weight is 263 g/mol. The summed E-state index contributed by atoms with van der Waals surface area (Å²) < 4.78 is 5.28. The number of nitrogens with one attached hydrogen (secondary N) is 1. The number of morpholine rings is 1. The van der Waals surface area contributed by atoms with Gasteiger partial charge in [-0.1, -0.05) is 6.07 Å². The first kappa shape index (κ1) is 13.8. The third-order valence-corrected chi connectivity index (χ3v) is 3.32. The molecule has 1 saturated heterocycles. The predicted molar refractivity (Wildman–Crippen MR) is 75.2 cm³/mol. The van der Waals surface area contributed by atoms with Gasteiger partial charge in [0.05, 0.1) is 13.2 Å². The van der Waals surface area contributed by atoms with Crippen LogP contribution in [0.15, 0.2) is 18.2 Å². The van der Waals surface area contributed by atoms with E-state index < -0.39 is 0 Å². The molecule has 1 amide bonds. The topological polar surface area (TPSA) is 67.6 Å². The number of rotatable bonds is 4. The van der Waals surface area contributed by atoms with Gasteiger partial charge in [-0.2, -0.15) is 0 Å². The number of amides is 1. The summed E-state index contributed by atoms with van der Waals surface area (Å²) in [4.78, 5) is 14.3. The van der Waals surface area contributed by atoms with Gasteiger partial charge in [-0.15, -0.1) is 0 Å². The van der Waals surface area contributed by atoms with E-state index in [2.05, 4.69) is 10.2 Å². The third kappa shape index (κ3) is 3.94. The van der Waals surface area contributed by atoms with Crippen molar-refractivity contribution >= 4 is 11.6 Å². The molecule has 1 aromatic rings. The standard InChI is InChI=1S/C14H21N3O2/c1-11-2-3-12(15)10-13(11)14(18)16-4-5-17-6-8-19-9-7-17/h2-3,10H,4-9,15H2,1H3,(H,16,18). The fraction of sp³-hybridized carbons (Fsp3) is 0.500. The largest absolute Gasteiger partial charge is 0.399 e. The van der Waals surface area contributed by atoms with Gasteiger partial charge in [-0.25, -0.2) is 0 Å². The molecule has 0 aromatic heterocycles. The van der Waals surface area contributed by atoms with Crippen molar-refractivity contribution in [3.05, 3.63) is 29.3 Å². The first-order chi connectivity index (χ1) is 9.16. The minimum absolute atomic E-state index is 0.0574. The molecule has 1 aliphatic heterocycles. The molecule has 1 fully saturated rings. The van der Waals surface area contributed by atoms with Crippen molar-refractivity contribution in [1.82, 2.24) is 10.2 Å². The normalized spacial score (nSPS) is 16.3. The van der Waals surface area contributed by atoms with Crippen molar-refractivity contribution < 1.29 is 9.53 Å². The molecule has 0 bridgehead atoms. The van der Waals surface area contributed by atoms with Crippen LogP contribution in [0.4, 0.5) is 5.69 Å². The molecule has 1 aromatic carbocycles. The number of hydrogen-bond acceptors (Lipinski definition) is 4. The predicted octanol–water partition coefficient (Wildman–Crippen LogP) is 0.639. The van der Waals surface area contributed by atoms with E-state index in [0.29, 0.717) is 17.8 Å². The molecule has 19 heavy (non-hydrogen) atoms. The van der Waals surface area contributed by atoms with Gasteiger partial charge in [0.15, 0.2) is 0 Å². The number of nitrogens with two attached hydrogens (primary N) is 1. The Morgan fingerprint density at radius 3 is 2.89 bits per heavy atom. The smallest absolute Gasteiger partial charge is 0.251 e. The lowest BCUT2D eigenvalue weighted by atomic mass is 10.1. The summed E-state index contributed by atoms with van der Waals surface area (Å²) in [6.07, 6.45) is 0. The molecule has 3 N–H and O–H groups in total. The van der Waals surface area contributed by atoms with Crippen LogP contribution in [0.5, 0.6) is 0 Å². The maximum absolute atomic E-state index is 12.0. The molecule has 0 atom stereocenters. The van der Waals surface area contributed by atoms with Crippen molar-refractivity contribution in [1.29, 1.82) is 0 Å². The molecular formula is C14H21N3O2. The Hall–Kier alpha value is -1.59. The van der Waals surface area contributed by atoms with Crippen molar-refractivity contribution in [2.75, 3.05) is 45.1 Å². The fourth-order valence-electron chi connectivity index (χ4n) is 2.13. The Balaban J connectivity index is 1.82. The zero-order valence-electron chi connectivity index (χ0n) is 11.3. The lowest BCUT2D eigenvalue weighted by molar-refractivity contribution is 0.0383. The Bertz CT molecular complexity index is 442. The zero-order valence-corrected chi connectivity index (χ0v) is 11.3. The van der Waals surface area contributed by atoms with Crippen LogP contribution in [0.1, 0.15) is 15.9 Å². The highest BCUT2D eigenvalue weighted by atomic mass is 16.5. The van der Waals surface area contributed by atoms with Crippen LogP contribution in [-0.2, 0) is 4.74 Å². The molecule has 1 aliphatic rings. The number of aryl methyl sites for hydroxylation is 1. The number of benzene rings is 1. The fourth-order valence-corrected chi connectivity index (χ4v) is 2.13. The van der Waals surface area contributed by atoms with Crippen LogP contribution in [0, 0.1) is 6.92 Å². The number of carbonyl (C=O) groups is 1. The molecule has 0 radical (unpaired) electrons. The van der Waals surface area contributed by atoms with Crippen LogP contribution in [0.25, 0.3) is 0 Å². The lowest BCUT2D eigenvalue weighted by Gasteiger charge is -2.26. The van der Waals surface area contributed by atoms with Gasteiger partial charge in [0, 0.05) is 37.4 Å². The van der Waals surface area contributed by atoms with Crippen molar-refractivity contribution in [2.24, 2.45) is 0 Å². The van der Waals surface area contributed by atoms with Gasteiger partial charge in [0.25, 0.3) is 5.91 Å². The first-order valence-corrected chi connectivity index (χ1v) is 6.61. The Morgan fingerprint density at radius 2 is 2.16 bits per heavy atom. The number of nitrogens with zero attached hydrogens (tertiary/aromatic N) is 1. The van der Waals surface area contributed by atoms with Gasteiger partial charge >= 0.3 is 0 Å². The zero-order chi connectivity index (χ0) is 13.7. The second-order valence-corrected chi connectivity index (χ2v) is 4.78. The van der Waals surface area contributed by atoms with E-state index in [9.17, 15) is 4.79 Å². The van der Waals surface area contributed by atoms with Crippen LogP contribution < -0.4 is 11.1 Å². The van der Waals surface area contributed by atoms with Crippen molar-refractivity contribution in [3.63, 3.8) is 0 Å². The van der Waals surface area contributed by atoms with E-state index in [4.69, 9.17) is 10.5 Å². The summed E-state index contributed by atoms with van der Waals surface area (Å²) >= 11 is 0. The average Bonchev–Trinajstić information content (AvgIpc) is 2.42. The van der Waals surface area contributed by atoms with Crippen LogP contribution in [-0.4, -0.2) is 50.2 Å². The van der Waals surface area contributed by atoms with E-state index in [1.54, 1.807) is 12.1 Å². The summed E-state index contributed by atoms with van der Waals surface area (Å²) in [5.41, 5.74) is 7.92. The number of hydrogen-bond donors (Lipinski definition) is 2. The van der Waals surface area contributed by atoms with Gasteiger partial charge in [-0.3, -0.25) is 9.69 Å². The maximum Gasteiger partial charge on any atom is 0.251 e. The molecule has 0 unspecified atom stereocenters. The molecule has 5 heteroatoms. The minimum atomic E-state index is -0.0574. The number of ether oxygens (including phenoxy) is 1. The molecule has 0 aliphatic carbocycles. The van der Waals surface area contributed by atoms with E-state index in [0.717, 1.165) is 38.4 Å². The lowest BCUT2D eigenvalue weighted by Crippen LogP contribution is -2.41. The highest BCUT2D eigenvalue weighted by molar-refractivity contribution is 5.96. The van der Waals surface area contributed by atoms with Crippen LogP contribution in [0.2, 0.25) is 0 Å². The summed E-state index contributed by atoms with van der Waals surface area (Å²) in [7, 11) is 0. The highest BCUT2D eigenvalue weighted by Gasteiger charge is 2.12. The molecule has 104 valence electrons. The second kappa shape index (κ2) is 6.54. The number of carbonyl (C=O) groups excluding carboxylic acids is 1. The molecular weight excluding hydrogens is 242 g/mol. The molecule has 5 nitrogen and oxygen atoms in total. The second-order valence-electron chi connectivity index (χ2n) is 4.78. The SMILES string of the molecule is Cc1ccc(N)cc1C(=O)NCCN1CCOCC1. The molecule has 2 rings (SSSR count). The summed E-state index contributed by atoms with van der Waals surface area (Å²) in [6.45, 7) is 6.85. The Morgan fingerprint density at radius 1 is 1.42 bits per heavy atom. The highest BCUT2D eigenvalue weighted by Crippen LogP contribution is 2.12. The molecule has 0 spiro atoms. The number of anilines is 1. The van der Waals surface area contributed by atoms with E-state index in [1.807, 2.05) is 13.0 Å². The summed E-state index contributed by atoms with van der Waals surface area (Å²) in [5.74, 6) is -0.0574.